The van der Waals surface area contributed by atoms with E-state index < -0.39 is 0 Å². The zero-order valence-electron chi connectivity index (χ0n) is 15.5. The van der Waals surface area contributed by atoms with Gasteiger partial charge in [0.25, 0.3) is 0 Å². The summed E-state index contributed by atoms with van der Waals surface area (Å²) in [4.78, 5) is 0. The van der Waals surface area contributed by atoms with Gasteiger partial charge in [-0.1, -0.05) is 91.2 Å². The fourth-order valence-electron chi connectivity index (χ4n) is 3.20. The van der Waals surface area contributed by atoms with E-state index in [1.54, 1.807) is 0 Å². The van der Waals surface area contributed by atoms with Gasteiger partial charge in [-0.25, -0.2) is 0 Å². The van der Waals surface area contributed by atoms with Gasteiger partial charge in [0.2, 0.25) is 0 Å². The van der Waals surface area contributed by atoms with E-state index in [1.807, 2.05) is 19.1 Å². The molecule has 0 saturated carbocycles. The average molecular weight is 351 g/mol. The number of allylic oxidation sites excluding steroid dienone is 4. The van der Waals surface area contributed by atoms with Crippen LogP contribution in [0.2, 0.25) is 0 Å². The van der Waals surface area contributed by atoms with E-state index in [2.05, 4.69) is 74.5 Å². The molecule has 1 atom stereocenters. The smallest absolute Gasteiger partial charge is 0.0872 e. The van der Waals surface area contributed by atoms with Gasteiger partial charge in [-0.2, -0.15) is 0 Å². The normalized spacial score (nSPS) is 12.8. The van der Waals surface area contributed by atoms with Crippen LogP contribution < -0.4 is 0 Å². The Kier molecular flexibility index (Phi) is 7.34. The summed E-state index contributed by atoms with van der Waals surface area (Å²) in [6.07, 6.45) is 9.07. The van der Waals surface area contributed by atoms with Crippen molar-refractivity contribution in [1.82, 2.24) is 0 Å². The molecule has 2 aromatic rings. The lowest BCUT2D eigenvalue weighted by molar-refractivity contribution is 0.551. The number of hydrogen-bond acceptors (Lipinski definition) is 1. The molecule has 0 heterocycles. The van der Waals surface area contributed by atoms with Gasteiger partial charge in [0, 0.05) is 5.57 Å². The molecule has 0 aliphatic heterocycles. The van der Waals surface area contributed by atoms with Crippen LogP contribution >= 0.6 is 8.46 Å². The molecule has 0 fully saturated rings. The van der Waals surface area contributed by atoms with Gasteiger partial charge in [-0.3, -0.25) is 0 Å². The second-order valence-corrected chi connectivity index (χ2v) is 7.48. The average Bonchev–Trinajstić information content (AvgIpc) is 2.68. The highest BCUT2D eigenvalue weighted by molar-refractivity contribution is 7.26. The molecule has 0 radical (unpaired) electrons. The number of benzene rings is 2. The second-order valence-electron chi connectivity index (χ2n) is 6.32. The molecule has 0 aliphatic carbocycles. The van der Waals surface area contributed by atoms with Gasteiger partial charge in [0.15, 0.2) is 5.16 Å². The van der Waals surface area contributed by atoms with Crippen molar-refractivity contribution in [2.75, 3.05) is 0 Å². The van der Waals surface area contributed by atoms with Crippen molar-refractivity contribution in [3.05, 3.63) is 84.0 Å². The first-order chi connectivity index (χ1) is 12.2. The molecule has 25 heavy (non-hydrogen) atoms. The highest BCUT2D eigenvalue weighted by Crippen LogP contribution is 2.39. The Morgan fingerprint density at radius 3 is 2.28 bits per heavy atom. The van der Waals surface area contributed by atoms with Crippen molar-refractivity contribution in [1.29, 1.82) is 0 Å². The van der Waals surface area contributed by atoms with E-state index in [0.29, 0.717) is 0 Å². The quantitative estimate of drug-likeness (QED) is 0.370. The minimum absolute atomic E-state index is 0.219. The van der Waals surface area contributed by atoms with Crippen molar-refractivity contribution in [3.8, 4) is 11.1 Å². The van der Waals surface area contributed by atoms with Gasteiger partial charge < -0.3 is 0 Å². The molecule has 130 valence electrons. The number of rotatable bonds is 8. The Morgan fingerprint density at radius 2 is 1.68 bits per heavy atom. The second kappa shape index (κ2) is 9.49. The molecule has 0 spiro atoms. The molecule has 0 N–H and O–H groups in total. The summed E-state index contributed by atoms with van der Waals surface area (Å²) in [5, 5.41) is -0.219. The molecular formula is C23H28OP+. The standard InChI is InChI=1S/C23H27OP/c1-4-11-22(23(5-2,6-3)25-24)17-16-19-12-10-15-21(18-19)20-13-8-7-9-14-20/h4,7-15,17-18H,5-6,16H2,1-3H3/p+1. The minimum Gasteiger partial charge on any atom is -0.0872 e. The van der Waals surface area contributed by atoms with Crippen LogP contribution in [0.1, 0.15) is 39.2 Å². The summed E-state index contributed by atoms with van der Waals surface area (Å²) in [5.74, 6) is 0. The third-order valence-corrected chi connectivity index (χ3v) is 6.28. The third-order valence-electron chi connectivity index (χ3n) is 4.89. The van der Waals surface area contributed by atoms with Crippen LogP contribution in [0.25, 0.3) is 11.1 Å². The maximum Gasteiger partial charge on any atom is 0.335 e. The van der Waals surface area contributed by atoms with E-state index in [-0.39, 0.29) is 13.6 Å². The summed E-state index contributed by atoms with van der Waals surface area (Å²) in [6.45, 7) is 6.28. The molecule has 0 aromatic heterocycles. The maximum atomic E-state index is 11.9. The predicted octanol–water partition coefficient (Wildman–Crippen LogP) is 6.98. The van der Waals surface area contributed by atoms with Gasteiger partial charge >= 0.3 is 8.46 Å². The highest BCUT2D eigenvalue weighted by atomic mass is 31.1. The van der Waals surface area contributed by atoms with Crippen molar-refractivity contribution in [3.63, 3.8) is 0 Å². The molecule has 0 aliphatic rings. The van der Waals surface area contributed by atoms with E-state index >= 15 is 0 Å². The Bertz CT molecular complexity index is 740. The molecular weight excluding hydrogens is 323 g/mol. The lowest BCUT2D eigenvalue weighted by Crippen LogP contribution is -2.21. The molecule has 2 rings (SSSR count). The van der Waals surface area contributed by atoms with Crippen LogP contribution in [0.4, 0.5) is 0 Å². The van der Waals surface area contributed by atoms with Crippen LogP contribution in [-0.4, -0.2) is 5.16 Å². The van der Waals surface area contributed by atoms with Crippen LogP contribution in [0.15, 0.2) is 78.4 Å². The molecule has 1 nitrogen and oxygen atoms in total. The van der Waals surface area contributed by atoms with E-state index in [1.165, 1.54) is 22.3 Å². The van der Waals surface area contributed by atoms with Gasteiger partial charge in [0.05, 0.1) is 0 Å². The Balaban J connectivity index is 2.31. The third kappa shape index (κ3) is 4.77. The predicted molar refractivity (Wildman–Crippen MR) is 111 cm³/mol. The SMILES string of the molecule is CC=CC(=CCc1cccc(-c2ccccc2)c1)C(CC)(CC)[PH+]=O. The fraction of sp³-hybridized carbons (Fsp3) is 0.304. The van der Waals surface area contributed by atoms with Crippen LogP contribution in [0.3, 0.4) is 0 Å². The lowest BCUT2D eigenvalue weighted by Gasteiger charge is -2.19. The molecule has 0 amide bonds. The molecule has 0 saturated heterocycles. The maximum absolute atomic E-state index is 11.9. The monoisotopic (exact) mass is 351 g/mol. The summed E-state index contributed by atoms with van der Waals surface area (Å²) < 4.78 is 11.9. The topological polar surface area (TPSA) is 17.1 Å². The Hall–Kier alpha value is -1.98. The van der Waals surface area contributed by atoms with E-state index in [4.69, 9.17) is 0 Å². The van der Waals surface area contributed by atoms with Crippen molar-refractivity contribution < 1.29 is 4.57 Å². The van der Waals surface area contributed by atoms with Crippen molar-refractivity contribution in [2.45, 2.75) is 45.2 Å². The summed E-state index contributed by atoms with van der Waals surface area (Å²) in [5.41, 5.74) is 4.94. The largest absolute Gasteiger partial charge is 0.335 e. The number of hydrogen-bond donors (Lipinski definition) is 0. The van der Waals surface area contributed by atoms with Crippen LogP contribution in [0, 0.1) is 0 Å². The zero-order valence-corrected chi connectivity index (χ0v) is 16.5. The summed E-state index contributed by atoms with van der Waals surface area (Å²) in [6, 6.07) is 19.1. The van der Waals surface area contributed by atoms with Gasteiger partial charge in [-0.05, 0) is 42.9 Å². The molecule has 2 heteroatoms. The van der Waals surface area contributed by atoms with E-state index in [0.717, 1.165) is 19.3 Å². The summed E-state index contributed by atoms with van der Waals surface area (Å²) in [7, 11) is -0.317. The fourth-order valence-corrected chi connectivity index (χ4v) is 3.79. The van der Waals surface area contributed by atoms with E-state index in [9.17, 15) is 4.57 Å². The molecule has 0 bridgehead atoms. The van der Waals surface area contributed by atoms with Crippen LogP contribution in [0.5, 0.6) is 0 Å². The highest BCUT2D eigenvalue weighted by Gasteiger charge is 2.37. The van der Waals surface area contributed by atoms with Gasteiger partial charge in [0.1, 0.15) is 0 Å². The van der Waals surface area contributed by atoms with Crippen molar-refractivity contribution >= 4 is 8.46 Å². The Morgan fingerprint density at radius 1 is 1.00 bits per heavy atom. The lowest BCUT2D eigenvalue weighted by atomic mass is 9.90. The molecule has 2 aromatic carbocycles. The molecule has 1 unspecified atom stereocenters. The minimum atomic E-state index is -0.317. The van der Waals surface area contributed by atoms with Crippen molar-refractivity contribution in [2.24, 2.45) is 0 Å². The first-order valence-electron chi connectivity index (χ1n) is 9.06. The van der Waals surface area contributed by atoms with Gasteiger partial charge in [-0.15, -0.1) is 0 Å². The summed E-state index contributed by atoms with van der Waals surface area (Å²) >= 11 is 0. The van der Waals surface area contributed by atoms with Crippen LogP contribution in [-0.2, 0) is 11.0 Å². The Labute approximate surface area is 153 Å². The zero-order chi connectivity index (χ0) is 18.1. The first-order valence-corrected chi connectivity index (χ1v) is 9.97. The first kappa shape index (κ1) is 19.3.